The predicted molar refractivity (Wildman–Crippen MR) is 110 cm³/mol. The molecular weight excluding hydrogens is 374 g/mol. The number of para-hydroxylation sites is 2. The molecule has 1 aliphatic rings. The second-order valence-electron chi connectivity index (χ2n) is 6.50. The van der Waals surface area contributed by atoms with Crippen LogP contribution in [0.25, 0.3) is 5.69 Å². The second kappa shape index (κ2) is 7.98. The minimum absolute atomic E-state index is 0.110. The quantitative estimate of drug-likeness (QED) is 0.685. The summed E-state index contributed by atoms with van der Waals surface area (Å²) in [4.78, 5) is 12.6. The topological polar surface area (TPSA) is 65.4 Å². The van der Waals surface area contributed by atoms with Crippen LogP contribution in [-0.4, -0.2) is 29.4 Å². The van der Waals surface area contributed by atoms with E-state index in [9.17, 15) is 4.79 Å². The van der Waals surface area contributed by atoms with Gasteiger partial charge >= 0.3 is 0 Å². The maximum atomic E-state index is 12.6. The summed E-state index contributed by atoms with van der Waals surface area (Å²) in [6.45, 7) is 1.93. The molecule has 1 aliphatic heterocycles. The summed E-state index contributed by atoms with van der Waals surface area (Å²) in [7, 11) is 1.57. The monoisotopic (exact) mass is 395 g/mol. The fourth-order valence-corrected chi connectivity index (χ4v) is 4.10. The van der Waals surface area contributed by atoms with Crippen molar-refractivity contribution in [2.75, 3.05) is 19.0 Å². The standard InChI is InChI=1S/C21H21N3O3S/c1-14-7-9-15(10-8-14)24-21(16-12-28-13-17(16)23-24)22-20(25)11-27-19-6-4-3-5-18(19)26-2/h3-10H,11-13H2,1-2H3,(H,22,25). The number of carbonyl (C=O) groups excluding carboxylic acids is 1. The van der Waals surface area contributed by atoms with Gasteiger partial charge in [-0.05, 0) is 31.2 Å². The molecule has 0 aliphatic carbocycles. The highest BCUT2D eigenvalue weighted by molar-refractivity contribution is 7.98. The Morgan fingerprint density at radius 1 is 1.14 bits per heavy atom. The van der Waals surface area contributed by atoms with Crippen molar-refractivity contribution in [2.45, 2.75) is 18.4 Å². The SMILES string of the molecule is COc1ccccc1OCC(=O)Nc1c2c(nn1-c1ccc(C)cc1)CSC2. The molecule has 2 heterocycles. The summed E-state index contributed by atoms with van der Waals surface area (Å²) < 4.78 is 12.7. The van der Waals surface area contributed by atoms with E-state index in [0.717, 1.165) is 34.3 Å². The number of nitrogens with one attached hydrogen (secondary N) is 1. The Bertz CT molecular complexity index is 999. The van der Waals surface area contributed by atoms with E-state index in [2.05, 4.69) is 5.32 Å². The van der Waals surface area contributed by atoms with Crippen molar-refractivity contribution < 1.29 is 14.3 Å². The molecule has 0 radical (unpaired) electrons. The van der Waals surface area contributed by atoms with Crippen LogP contribution < -0.4 is 14.8 Å². The Kier molecular flexibility index (Phi) is 5.25. The molecule has 0 saturated carbocycles. The molecule has 3 aromatic rings. The van der Waals surface area contributed by atoms with Crippen LogP contribution in [0.5, 0.6) is 11.5 Å². The summed E-state index contributed by atoms with van der Waals surface area (Å²) in [6, 6.07) is 15.3. The maximum absolute atomic E-state index is 12.6. The lowest BCUT2D eigenvalue weighted by Crippen LogP contribution is -2.22. The number of aryl methyl sites for hydroxylation is 1. The third-order valence-corrected chi connectivity index (χ3v) is 5.49. The number of hydrogen-bond donors (Lipinski definition) is 1. The van der Waals surface area contributed by atoms with E-state index in [0.29, 0.717) is 11.5 Å². The number of thioether (sulfide) groups is 1. The molecule has 0 bridgehead atoms. The molecule has 144 valence electrons. The number of fused-ring (bicyclic) bond motifs is 1. The minimum atomic E-state index is -0.237. The molecule has 1 aromatic heterocycles. The molecular formula is C21H21N3O3S. The van der Waals surface area contributed by atoms with Crippen LogP contribution in [0.3, 0.4) is 0 Å². The van der Waals surface area contributed by atoms with Crippen molar-refractivity contribution in [3.8, 4) is 17.2 Å². The number of ether oxygens (including phenoxy) is 2. The number of methoxy groups -OCH3 is 1. The van der Waals surface area contributed by atoms with Gasteiger partial charge in [-0.25, -0.2) is 4.68 Å². The average Bonchev–Trinajstić information content (AvgIpc) is 3.30. The number of nitrogens with zero attached hydrogens (tertiary/aromatic N) is 2. The van der Waals surface area contributed by atoms with Gasteiger partial charge in [-0.3, -0.25) is 4.79 Å². The summed E-state index contributed by atoms with van der Waals surface area (Å²) >= 11 is 1.80. The van der Waals surface area contributed by atoms with Gasteiger partial charge in [0.1, 0.15) is 5.82 Å². The number of carbonyl (C=O) groups is 1. The largest absolute Gasteiger partial charge is 0.493 e. The molecule has 0 unspecified atom stereocenters. The van der Waals surface area contributed by atoms with Gasteiger partial charge in [0, 0.05) is 17.1 Å². The number of aromatic nitrogens is 2. The first kappa shape index (κ1) is 18.4. The fourth-order valence-electron chi connectivity index (χ4n) is 3.06. The molecule has 28 heavy (non-hydrogen) atoms. The minimum Gasteiger partial charge on any atom is -0.493 e. The van der Waals surface area contributed by atoms with E-state index in [4.69, 9.17) is 14.6 Å². The average molecular weight is 395 g/mol. The first-order valence-corrected chi connectivity index (χ1v) is 10.1. The molecule has 0 spiro atoms. The Morgan fingerprint density at radius 3 is 2.64 bits per heavy atom. The third kappa shape index (κ3) is 3.71. The molecule has 7 heteroatoms. The van der Waals surface area contributed by atoms with Crippen LogP contribution in [0.15, 0.2) is 48.5 Å². The zero-order chi connectivity index (χ0) is 19.5. The Morgan fingerprint density at radius 2 is 1.89 bits per heavy atom. The van der Waals surface area contributed by atoms with E-state index in [-0.39, 0.29) is 12.5 Å². The molecule has 0 fully saturated rings. The van der Waals surface area contributed by atoms with E-state index in [1.165, 1.54) is 5.56 Å². The van der Waals surface area contributed by atoms with Crippen molar-refractivity contribution in [3.63, 3.8) is 0 Å². The second-order valence-corrected chi connectivity index (χ2v) is 7.49. The van der Waals surface area contributed by atoms with Gasteiger partial charge in [0.15, 0.2) is 18.1 Å². The summed E-state index contributed by atoms with van der Waals surface area (Å²) in [6.07, 6.45) is 0. The van der Waals surface area contributed by atoms with Crippen molar-refractivity contribution >= 4 is 23.5 Å². The molecule has 4 rings (SSSR count). The van der Waals surface area contributed by atoms with Gasteiger partial charge in [0.2, 0.25) is 0 Å². The van der Waals surface area contributed by atoms with E-state index >= 15 is 0 Å². The molecule has 6 nitrogen and oxygen atoms in total. The molecule has 0 atom stereocenters. The first-order chi connectivity index (χ1) is 13.7. The van der Waals surface area contributed by atoms with Gasteiger partial charge in [-0.2, -0.15) is 16.9 Å². The highest BCUT2D eigenvalue weighted by Crippen LogP contribution is 2.36. The van der Waals surface area contributed by atoms with Gasteiger partial charge in [0.25, 0.3) is 5.91 Å². The normalized spacial score (nSPS) is 12.5. The van der Waals surface area contributed by atoms with Crippen LogP contribution in [0, 0.1) is 6.92 Å². The molecule has 1 N–H and O–H groups in total. The van der Waals surface area contributed by atoms with Gasteiger partial charge < -0.3 is 14.8 Å². The summed E-state index contributed by atoms with van der Waals surface area (Å²) in [5.74, 6) is 3.31. The molecule has 2 aromatic carbocycles. The number of benzene rings is 2. The number of anilines is 1. The van der Waals surface area contributed by atoms with Gasteiger partial charge in [0.05, 0.1) is 18.5 Å². The van der Waals surface area contributed by atoms with Crippen LogP contribution in [0.4, 0.5) is 5.82 Å². The lowest BCUT2D eigenvalue weighted by molar-refractivity contribution is -0.118. The van der Waals surface area contributed by atoms with Crippen LogP contribution in [0.1, 0.15) is 16.8 Å². The van der Waals surface area contributed by atoms with E-state index in [1.54, 1.807) is 31.0 Å². The van der Waals surface area contributed by atoms with Crippen molar-refractivity contribution in [1.29, 1.82) is 0 Å². The highest BCUT2D eigenvalue weighted by Gasteiger charge is 2.24. The molecule has 0 saturated heterocycles. The highest BCUT2D eigenvalue weighted by atomic mass is 32.2. The van der Waals surface area contributed by atoms with E-state index in [1.807, 2.05) is 48.0 Å². The van der Waals surface area contributed by atoms with Gasteiger partial charge in [-0.15, -0.1) is 0 Å². The molecule has 1 amide bonds. The van der Waals surface area contributed by atoms with Crippen LogP contribution in [-0.2, 0) is 16.3 Å². The van der Waals surface area contributed by atoms with Crippen molar-refractivity contribution in [2.24, 2.45) is 0 Å². The summed E-state index contributed by atoms with van der Waals surface area (Å²) in [5, 5.41) is 7.70. The number of amides is 1. The van der Waals surface area contributed by atoms with Crippen LogP contribution in [0.2, 0.25) is 0 Å². The lowest BCUT2D eigenvalue weighted by Gasteiger charge is -2.13. The van der Waals surface area contributed by atoms with Gasteiger partial charge in [-0.1, -0.05) is 29.8 Å². The van der Waals surface area contributed by atoms with Crippen molar-refractivity contribution in [3.05, 3.63) is 65.4 Å². The zero-order valence-corrected chi connectivity index (χ0v) is 16.6. The lowest BCUT2D eigenvalue weighted by atomic mass is 10.2. The predicted octanol–water partition coefficient (Wildman–Crippen LogP) is 3.95. The maximum Gasteiger partial charge on any atom is 0.263 e. The smallest absolute Gasteiger partial charge is 0.263 e. The zero-order valence-electron chi connectivity index (χ0n) is 15.8. The number of hydrogen-bond acceptors (Lipinski definition) is 5. The van der Waals surface area contributed by atoms with Crippen molar-refractivity contribution in [1.82, 2.24) is 9.78 Å². The number of rotatable bonds is 6. The van der Waals surface area contributed by atoms with E-state index < -0.39 is 0 Å². The Balaban J connectivity index is 1.54. The Labute approximate surface area is 167 Å². The fraction of sp³-hybridized carbons (Fsp3) is 0.238. The summed E-state index contributed by atoms with van der Waals surface area (Å²) in [5.41, 5.74) is 4.20. The third-order valence-electron chi connectivity index (χ3n) is 4.52. The Hall–Kier alpha value is -2.93. The first-order valence-electron chi connectivity index (χ1n) is 8.97. The van der Waals surface area contributed by atoms with Crippen LogP contribution >= 0.6 is 11.8 Å².